The highest BCUT2D eigenvalue weighted by Gasteiger charge is 2.21. The number of hydrogen-bond acceptors (Lipinski definition) is 3. The summed E-state index contributed by atoms with van der Waals surface area (Å²) in [5, 5.41) is 4.00. The number of para-hydroxylation sites is 1. The molecule has 0 unspecified atom stereocenters. The lowest BCUT2D eigenvalue weighted by molar-refractivity contribution is -0.133. The van der Waals surface area contributed by atoms with Crippen molar-refractivity contribution in [2.75, 3.05) is 24.2 Å². The summed E-state index contributed by atoms with van der Waals surface area (Å²) in [6.45, 7) is 4.27. The zero-order valence-corrected chi connectivity index (χ0v) is 19.9. The molecule has 31 heavy (non-hydrogen) atoms. The first kappa shape index (κ1) is 22.0. The Morgan fingerprint density at radius 3 is 2.55 bits per heavy atom. The monoisotopic (exact) mass is 499 g/mol. The maximum absolute atomic E-state index is 12.9. The van der Waals surface area contributed by atoms with Gasteiger partial charge in [-0.05, 0) is 49.1 Å². The number of nitrogens with one attached hydrogen (secondary N) is 1. The van der Waals surface area contributed by atoms with Gasteiger partial charge in [0.1, 0.15) is 6.54 Å². The van der Waals surface area contributed by atoms with Crippen molar-refractivity contribution in [1.82, 2.24) is 9.47 Å². The van der Waals surface area contributed by atoms with Gasteiger partial charge in [-0.1, -0.05) is 41.1 Å². The fourth-order valence-corrected chi connectivity index (χ4v) is 4.99. The number of aromatic nitrogens is 1. The van der Waals surface area contributed by atoms with Crippen LogP contribution < -0.4 is 5.32 Å². The fourth-order valence-electron chi connectivity index (χ4n) is 3.84. The number of nitrogens with zero attached hydrogens (tertiary/aromatic N) is 2. The van der Waals surface area contributed by atoms with Gasteiger partial charge in [-0.25, -0.2) is 0 Å². The number of rotatable bonds is 6. The predicted octanol–water partition coefficient (Wildman–Crippen LogP) is 5.39. The van der Waals surface area contributed by atoms with E-state index < -0.39 is 0 Å². The Labute approximate surface area is 195 Å². The molecule has 162 valence electrons. The molecule has 0 atom stereocenters. The number of likely N-dealkylation sites (tertiary alicyclic amines) is 1. The number of fused-ring (bicyclic) bond motifs is 1. The normalized spacial score (nSPS) is 14.7. The van der Waals surface area contributed by atoms with Gasteiger partial charge >= 0.3 is 0 Å². The van der Waals surface area contributed by atoms with E-state index in [1.54, 1.807) is 0 Å². The topological polar surface area (TPSA) is 54.3 Å². The average Bonchev–Trinajstić information content (AvgIpc) is 3.12. The van der Waals surface area contributed by atoms with Gasteiger partial charge in [0.2, 0.25) is 11.8 Å². The van der Waals surface area contributed by atoms with Crippen LogP contribution in [-0.4, -0.2) is 40.1 Å². The van der Waals surface area contributed by atoms with Crippen molar-refractivity contribution < 1.29 is 9.59 Å². The van der Waals surface area contributed by atoms with Crippen LogP contribution in [0.2, 0.25) is 0 Å². The summed E-state index contributed by atoms with van der Waals surface area (Å²) in [7, 11) is 0. The fraction of sp³-hybridized carbons (Fsp3) is 0.333. The highest BCUT2D eigenvalue weighted by molar-refractivity contribution is 9.10. The standard InChI is InChI=1S/C24H26BrN3O2S/c1-17-10-12-27(13-11-17)24(30)15-28-14-22(20-4-2-3-5-21(20)28)31-16-23(29)26-19-8-6-18(25)7-9-19/h2-9,14,17H,10-13,15-16H2,1H3,(H,26,29). The number of halogens is 1. The highest BCUT2D eigenvalue weighted by atomic mass is 79.9. The molecule has 1 N–H and O–H groups in total. The molecule has 7 heteroatoms. The minimum absolute atomic E-state index is 0.0531. The minimum atomic E-state index is -0.0531. The van der Waals surface area contributed by atoms with E-state index in [4.69, 9.17) is 0 Å². The van der Waals surface area contributed by atoms with E-state index in [0.717, 1.165) is 51.9 Å². The van der Waals surface area contributed by atoms with Crippen LogP contribution in [0, 0.1) is 5.92 Å². The maximum atomic E-state index is 12.9. The summed E-state index contributed by atoms with van der Waals surface area (Å²) < 4.78 is 2.99. The Balaban J connectivity index is 1.43. The lowest BCUT2D eigenvalue weighted by Crippen LogP contribution is -2.39. The lowest BCUT2D eigenvalue weighted by Gasteiger charge is -2.30. The molecule has 0 aliphatic carbocycles. The molecular weight excluding hydrogens is 474 g/mol. The number of amides is 2. The minimum Gasteiger partial charge on any atom is -0.341 e. The number of thioether (sulfide) groups is 1. The Bertz CT molecular complexity index is 1070. The molecule has 1 aromatic heterocycles. The van der Waals surface area contributed by atoms with Crippen LogP contribution in [0.15, 0.2) is 64.1 Å². The Morgan fingerprint density at radius 2 is 1.81 bits per heavy atom. The molecule has 4 rings (SSSR count). The maximum Gasteiger partial charge on any atom is 0.242 e. The smallest absolute Gasteiger partial charge is 0.242 e. The molecule has 0 spiro atoms. The van der Waals surface area contributed by atoms with E-state index in [1.807, 2.05) is 64.2 Å². The van der Waals surface area contributed by atoms with Crippen LogP contribution >= 0.6 is 27.7 Å². The molecule has 0 bridgehead atoms. The SMILES string of the molecule is CC1CCN(C(=O)Cn2cc(SCC(=O)Nc3ccc(Br)cc3)c3ccccc32)CC1. The number of piperidine rings is 1. The van der Waals surface area contributed by atoms with E-state index in [0.29, 0.717) is 18.2 Å². The molecule has 0 saturated carbocycles. The lowest BCUT2D eigenvalue weighted by atomic mass is 9.99. The molecule has 1 aliphatic rings. The van der Waals surface area contributed by atoms with E-state index in [2.05, 4.69) is 28.2 Å². The van der Waals surface area contributed by atoms with Gasteiger partial charge in [0.15, 0.2) is 0 Å². The first-order chi connectivity index (χ1) is 15.0. The summed E-state index contributed by atoms with van der Waals surface area (Å²) in [5.41, 5.74) is 1.80. The summed E-state index contributed by atoms with van der Waals surface area (Å²) in [5.74, 6) is 1.12. The third-order valence-electron chi connectivity index (χ3n) is 5.68. The molecule has 2 aromatic carbocycles. The zero-order valence-electron chi connectivity index (χ0n) is 17.5. The number of carbonyl (C=O) groups excluding carboxylic acids is 2. The van der Waals surface area contributed by atoms with E-state index in [-0.39, 0.29) is 11.8 Å². The second kappa shape index (κ2) is 9.92. The van der Waals surface area contributed by atoms with Gasteiger partial charge in [-0.2, -0.15) is 0 Å². The molecule has 2 heterocycles. The second-order valence-electron chi connectivity index (χ2n) is 8.05. The van der Waals surface area contributed by atoms with Gasteiger partial charge in [-0.3, -0.25) is 9.59 Å². The first-order valence-electron chi connectivity index (χ1n) is 10.5. The van der Waals surface area contributed by atoms with Gasteiger partial charge in [0.25, 0.3) is 0 Å². The molecule has 3 aromatic rings. The van der Waals surface area contributed by atoms with Crippen LogP contribution in [0.4, 0.5) is 5.69 Å². The van der Waals surface area contributed by atoms with Crippen molar-refractivity contribution in [2.24, 2.45) is 5.92 Å². The van der Waals surface area contributed by atoms with Gasteiger partial charge in [0.05, 0.1) is 5.75 Å². The molecule has 1 fully saturated rings. The Hall–Kier alpha value is -2.25. The molecule has 0 radical (unpaired) electrons. The number of anilines is 1. The first-order valence-corrected chi connectivity index (χ1v) is 12.3. The third kappa shape index (κ3) is 5.52. The van der Waals surface area contributed by atoms with Gasteiger partial charge in [-0.15, -0.1) is 11.8 Å². The van der Waals surface area contributed by atoms with Crippen LogP contribution in [0.3, 0.4) is 0 Å². The second-order valence-corrected chi connectivity index (χ2v) is 9.98. The average molecular weight is 500 g/mol. The molecule has 2 amide bonds. The van der Waals surface area contributed by atoms with E-state index in [1.165, 1.54) is 11.8 Å². The predicted molar refractivity (Wildman–Crippen MR) is 130 cm³/mol. The summed E-state index contributed by atoms with van der Waals surface area (Å²) in [6.07, 6.45) is 4.16. The summed E-state index contributed by atoms with van der Waals surface area (Å²) in [6, 6.07) is 15.6. The van der Waals surface area contributed by atoms with Crippen molar-refractivity contribution in [3.63, 3.8) is 0 Å². The van der Waals surface area contributed by atoms with Crippen molar-refractivity contribution in [1.29, 1.82) is 0 Å². The van der Waals surface area contributed by atoms with Crippen LogP contribution in [0.5, 0.6) is 0 Å². The third-order valence-corrected chi connectivity index (χ3v) is 7.25. The number of carbonyl (C=O) groups is 2. The molecule has 1 saturated heterocycles. The molecular formula is C24H26BrN3O2S. The van der Waals surface area contributed by atoms with Gasteiger partial charge in [0, 0.05) is 45.2 Å². The number of hydrogen-bond donors (Lipinski definition) is 1. The van der Waals surface area contributed by atoms with E-state index in [9.17, 15) is 9.59 Å². The molecule has 5 nitrogen and oxygen atoms in total. The van der Waals surface area contributed by atoms with Crippen LogP contribution in [-0.2, 0) is 16.1 Å². The van der Waals surface area contributed by atoms with Gasteiger partial charge < -0.3 is 14.8 Å². The quantitative estimate of drug-likeness (QED) is 0.462. The van der Waals surface area contributed by atoms with E-state index >= 15 is 0 Å². The van der Waals surface area contributed by atoms with Crippen LogP contribution in [0.25, 0.3) is 10.9 Å². The molecule has 1 aliphatic heterocycles. The Kier molecular flexibility index (Phi) is 7.02. The number of benzene rings is 2. The largest absolute Gasteiger partial charge is 0.341 e. The van der Waals surface area contributed by atoms with Crippen LogP contribution in [0.1, 0.15) is 19.8 Å². The zero-order chi connectivity index (χ0) is 21.8. The van der Waals surface area contributed by atoms with Crippen molar-refractivity contribution in [3.8, 4) is 0 Å². The van der Waals surface area contributed by atoms with Crippen molar-refractivity contribution >= 4 is 56.1 Å². The summed E-state index contributed by atoms with van der Waals surface area (Å²) >= 11 is 4.89. The summed E-state index contributed by atoms with van der Waals surface area (Å²) in [4.78, 5) is 28.3. The highest BCUT2D eigenvalue weighted by Crippen LogP contribution is 2.30. The van der Waals surface area contributed by atoms with Crippen molar-refractivity contribution in [3.05, 3.63) is 59.2 Å². The Morgan fingerprint density at radius 1 is 1.10 bits per heavy atom. The van der Waals surface area contributed by atoms with Crippen molar-refractivity contribution in [2.45, 2.75) is 31.2 Å².